The van der Waals surface area contributed by atoms with E-state index in [0.29, 0.717) is 0 Å². The molecule has 15 heavy (non-hydrogen) atoms. The van der Waals surface area contributed by atoms with Crippen molar-refractivity contribution in [1.29, 1.82) is 0 Å². The van der Waals surface area contributed by atoms with Crippen molar-refractivity contribution < 1.29 is 0 Å². The molecule has 0 radical (unpaired) electrons. The summed E-state index contributed by atoms with van der Waals surface area (Å²) in [6.45, 7) is 0. The lowest BCUT2D eigenvalue weighted by atomic mass is 10.1. The average Bonchev–Trinajstić information content (AvgIpc) is 2.84. The molecule has 3 rings (SSSR count). The first kappa shape index (κ1) is 8.79. The van der Waals surface area contributed by atoms with Gasteiger partial charge in [0, 0.05) is 0 Å². The minimum atomic E-state index is -0.289. The van der Waals surface area contributed by atoms with Gasteiger partial charge in [-0.15, -0.1) is 0 Å². The third-order valence-electron chi connectivity index (χ3n) is 3.16. The summed E-state index contributed by atoms with van der Waals surface area (Å²) in [7, 11) is 0. The first-order chi connectivity index (χ1) is 7.30. The largest absolute Gasteiger partial charge is 0.308 e. The highest BCUT2D eigenvalue weighted by atomic mass is 15.2. The smallest absolute Gasteiger partial charge is 0.164 e. The van der Waals surface area contributed by atoms with Gasteiger partial charge in [-0.05, 0) is 25.7 Å². The number of rotatable bonds is 1. The van der Waals surface area contributed by atoms with Crippen LogP contribution in [-0.2, 0) is 5.66 Å². The molecule has 0 bridgehead atoms. The highest BCUT2D eigenvalue weighted by molar-refractivity contribution is 5.69. The molecule has 1 fully saturated rings. The fourth-order valence-electron chi connectivity index (χ4n) is 2.32. The van der Waals surface area contributed by atoms with Crippen molar-refractivity contribution >= 4 is 11.2 Å². The molecule has 5 nitrogen and oxygen atoms in total. The van der Waals surface area contributed by atoms with Crippen LogP contribution in [-0.4, -0.2) is 19.5 Å². The van der Waals surface area contributed by atoms with Gasteiger partial charge in [0.1, 0.15) is 11.8 Å². The molecule has 0 atom stereocenters. The fraction of sp³-hybridized carbons (Fsp3) is 0.500. The first-order valence-electron chi connectivity index (χ1n) is 5.22. The minimum Gasteiger partial charge on any atom is -0.308 e. The molecule has 0 amide bonds. The number of nitrogens with zero attached hydrogens (tertiary/aromatic N) is 4. The van der Waals surface area contributed by atoms with Crippen molar-refractivity contribution in [3.05, 3.63) is 18.9 Å². The van der Waals surface area contributed by atoms with Crippen LogP contribution in [0.5, 0.6) is 0 Å². The summed E-state index contributed by atoms with van der Waals surface area (Å²) in [5.41, 5.74) is 7.72. The highest BCUT2D eigenvalue weighted by Crippen LogP contribution is 2.33. The molecule has 0 spiro atoms. The summed E-state index contributed by atoms with van der Waals surface area (Å²) in [6, 6.07) is 0. The Labute approximate surface area is 87.3 Å². The van der Waals surface area contributed by atoms with Crippen LogP contribution in [0, 0.1) is 0 Å². The molecule has 2 N–H and O–H groups in total. The molecule has 2 aromatic heterocycles. The first-order valence-corrected chi connectivity index (χ1v) is 5.22. The summed E-state index contributed by atoms with van der Waals surface area (Å²) in [4.78, 5) is 12.5. The Morgan fingerprint density at radius 3 is 2.87 bits per heavy atom. The fourth-order valence-corrected chi connectivity index (χ4v) is 2.32. The lowest BCUT2D eigenvalue weighted by Gasteiger charge is -2.25. The zero-order chi connectivity index (χ0) is 10.3. The van der Waals surface area contributed by atoms with E-state index in [1.54, 1.807) is 18.9 Å². The van der Waals surface area contributed by atoms with Gasteiger partial charge < -0.3 is 5.73 Å². The Bertz CT molecular complexity index is 483. The zero-order valence-corrected chi connectivity index (χ0v) is 8.43. The van der Waals surface area contributed by atoms with Gasteiger partial charge in [-0.2, -0.15) is 0 Å². The molecule has 1 aliphatic carbocycles. The van der Waals surface area contributed by atoms with Crippen molar-refractivity contribution in [3.63, 3.8) is 0 Å². The van der Waals surface area contributed by atoms with Gasteiger partial charge in [0.25, 0.3) is 0 Å². The predicted octanol–water partition coefficient (Wildman–Crippen LogP) is 1.01. The van der Waals surface area contributed by atoms with E-state index in [-0.39, 0.29) is 5.66 Å². The molecule has 78 valence electrons. The second kappa shape index (κ2) is 3.00. The minimum absolute atomic E-state index is 0.289. The molecule has 0 unspecified atom stereocenters. The third kappa shape index (κ3) is 1.23. The standard InChI is InChI=1S/C10H13N5/c11-10(3-1-2-4-10)15-7-14-8-5-12-6-13-9(8)15/h5-7H,1-4,11H2. The lowest BCUT2D eigenvalue weighted by Crippen LogP contribution is -2.39. The van der Waals surface area contributed by atoms with Crippen LogP contribution >= 0.6 is 0 Å². The van der Waals surface area contributed by atoms with E-state index in [9.17, 15) is 0 Å². The van der Waals surface area contributed by atoms with Gasteiger partial charge in [-0.25, -0.2) is 15.0 Å². The number of hydrogen-bond donors (Lipinski definition) is 1. The SMILES string of the molecule is NC1(n2cnc3cncnc32)CCCC1. The van der Waals surface area contributed by atoms with E-state index in [0.717, 1.165) is 24.0 Å². The van der Waals surface area contributed by atoms with Gasteiger partial charge in [-0.3, -0.25) is 4.57 Å². The van der Waals surface area contributed by atoms with Crippen molar-refractivity contribution in [2.75, 3.05) is 0 Å². The molecular weight excluding hydrogens is 190 g/mol. The van der Waals surface area contributed by atoms with Crippen LogP contribution in [0.25, 0.3) is 11.2 Å². The van der Waals surface area contributed by atoms with Gasteiger partial charge in [0.15, 0.2) is 5.65 Å². The van der Waals surface area contributed by atoms with Crippen LogP contribution < -0.4 is 5.73 Å². The van der Waals surface area contributed by atoms with E-state index in [1.165, 1.54) is 12.8 Å². The number of fused-ring (bicyclic) bond motifs is 1. The van der Waals surface area contributed by atoms with E-state index in [1.807, 2.05) is 4.57 Å². The summed E-state index contributed by atoms with van der Waals surface area (Å²) < 4.78 is 2.00. The van der Waals surface area contributed by atoms with Crippen LogP contribution in [0.3, 0.4) is 0 Å². The summed E-state index contributed by atoms with van der Waals surface area (Å²) in [6.07, 6.45) is 9.41. The van der Waals surface area contributed by atoms with Crippen molar-refractivity contribution in [2.24, 2.45) is 5.73 Å². The second-order valence-corrected chi connectivity index (χ2v) is 4.16. The summed E-state index contributed by atoms with van der Waals surface area (Å²) in [5.74, 6) is 0. The Morgan fingerprint density at radius 2 is 2.07 bits per heavy atom. The predicted molar refractivity (Wildman–Crippen MR) is 56.0 cm³/mol. The summed E-state index contributed by atoms with van der Waals surface area (Å²) in [5, 5.41) is 0. The zero-order valence-electron chi connectivity index (χ0n) is 8.43. The van der Waals surface area contributed by atoms with E-state index in [4.69, 9.17) is 5.73 Å². The Balaban J connectivity index is 2.18. The average molecular weight is 203 g/mol. The monoisotopic (exact) mass is 203 g/mol. The summed E-state index contributed by atoms with van der Waals surface area (Å²) >= 11 is 0. The van der Waals surface area contributed by atoms with E-state index < -0.39 is 0 Å². The molecule has 2 aromatic rings. The highest BCUT2D eigenvalue weighted by Gasteiger charge is 2.32. The molecule has 2 heterocycles. The maximum atomic E-state index is 6.35. The molecule has 0 aromatic carbocycles. The number of hydrogen-bond acceptors (Lipinski definition) is 4. The Kier molecular flexibility index (Phi) is 1.76. The number of imidazole rings is 1. The number of aromatic nitrogens is 4. The second-order valence-electron chi connectivity index (χ2n) is 4.16. The third-order valence-corrected chi connectivity index (χ3v) is 3.16. The molecule has 0 aliphatic heterocycles. The van der Waals surface area contributed by atoms with E-state index >= 15 is 0 Å². The van der Waals surface area contributed by atoms with E-state index in [2.05, 4.69) is 15.0 Å². The number of nitrogens with two attached hydrogens (primary N) is 1. The van der Waals surface area contributed by atoms with Crippen LogP contribution in [0.2, 0.25) is 0 Å². The topological polar surface area (TPSA) is 69.6 Å². The maximum Gasteiger partial charge on any atom is 0.164 e. The van der Waals surface area contributed by atoms with Crippen LogP contribution in [0.15, 0.2) is 18.9 Å². The van der Waals surface area contributed by atoms with Gasteiger partial charge in [-0.1, -0.05) is 0 Å². The quantitative estimate of drug-likeness (QED) is 0.751. The molecule has 1 saturated carbocycles. The van der Waals surface area contributed by atoms with Gasteiger partial charge >= 0.3 is 0 Å². The molecule has 5 heteroatoms. The van der Waals surface area contributed by atoms with Gasteiger partial charge in [0.2, 0.25) is 0 Å². The molecule has 1 aliphatic rings. The Hall–Kier alpha value is -1.49. The Morgan fingerprint density at radius 1 is 1.27 bits per heavy atom. The normalized spacial score (nSPS) is 19.8. The van der Waals surface area contributed by atoms with Crippen molar-refractivity contribution in [3.8, 4) is 0 Å². The molecular formula is C10H13N5. The molecule has 0 saturated heterocycles. The van der Waals surface area contributed by atoms with Crippen molar-refractivity contribution in [1.82, 2.24) is 19.5 Å². The van der Waals surface area contributed by atoms with Crippen LogP contribution in [0.1, 0.15) is 25.7 Å². The van der Waals surface area contributed by atoms with Crippen LogP contribution in [0.4, 0.5) is 0 Å². The van der Waals surface area contributed by atoms with Gasteiger partial charge in [0.05, 0.1) is 18.2 Å². The van der Waals surface area contributed by atoms with Crippen molar-refractivity contribution in [2.45, 2.75) is 31.3 Å². The maximum absolute atomic E-state index is 6.35. The lowest BCUT2D eigenvalue weighted by molar-refractivity contribution is 0.313.